The van der Waals surface area contributed by atoms with Crippen LogP contribution in [0.1, 0.15) is 38.9 Å². The summed E-state index contributed by atoms with van der Waals surface area (Å²) in [5, 5.41) is 18.9. The maximum Gasteiger partial charge on any atom is 0.0917 e. The molecule has 0 aliphatic carbocycles. The minimum absolute atomic E-state index is 0.0490. The monoisotopic (exact) mass is 246 g/mol. The standard InChI is InChI=1S/C15H22N2O/c1-15(2,3)17(11-7-10-16)12-14(18)13-8-5-4-6-9-13/h4-6,8-9,14,18H,7,11-12H2,1-3H3/t14-/m1/s1. The number of nitrogens with zero attached hydrogens (tertiary/aromatic N) is 2. The Morgan fingerprint density at radius 1 is 1.28 bits per heavy atom. The van der Waals surface area contributed by atoms with E-state index in [1.54, 1.807) is 0 Å². The maximum atomic E-state index is 10.2. The summed E-state index contributed by atoms with van der Waals surface area (Å²) in [4.78, 5) is 2.15. The van der Waals surface area contributed by atoms with E-state index in [1.807, 2.05) is 30.3 Å². The van der Waals surface area contributed by atoms with Crippen molar-refractivity contribution in [3.05, 3.63) is 35.9 Å². The molecule has 0 spiro atoms. The van der Waals surface area contributed by atoms with Crippen molar-refractivity contribution < 1.29 is 5.11 Å². The quantitative estimate of drug-likeness (QED) is 0.869. The summed E-state index contributed by atoms with van der Waals surface area (Å²) < 4.78 is 0. The van der Waals surface area contributed by atoms with E-state index < -0.39 is 6.10 Å². The fourth-order valence-corrected chi connectivity index (χ4v) is 1.87. The van der Waals surface area contributed by atoms with Gasteiger partial charge in [0, 0.05) is 25.0 Å². The zero-order valence-electron chi connectivity index (χ0n) is 11.4. The van der Waals surface area contributed by atoms with Crippen LogP contribution < -0.4 is 0 Å². The normalized spacial score (nSPS) is 13.3. The first-order valence-electron chi connectivity index (χ1n) is 6.30. The Bertz CT molecular complexity index is 389. The molecule has 0 aliphatic rings. The van der Waals surface area contributed by atoms with Gasteiger partial charge in [-0.05, 0) is 26.3 Å². The van der Waals surface area contributed by atoms with Crippen molar-refractivity contribution in [2.45, 2.75) is 38.8 Å². The van der Waals surface area contributed by atoms with Crippen molar-refractivity contribution in [3.8, 4) is 6.07 Å². The molecular formula is C15H22N2O. The topological polar surface area (TPSA) is 47.3 Å². The smallest absolute Gasteiger partial charge is 0.0917 e. The number of aliphatic hydroxyl groups is 1. The highest BCUT2D eigenvalue weighted by Crippen LogP contribution is 2.20. The van der Waals surface area contributed by atoms with E-state index in [9.17, 15) is 5.11 Å². The second-order valence-electron chi connectivity index (χ2n) is 5.45. The molecule has 3 nitrogen and oxygen atoms in total. The van der Waals surface area contributed by atoms with Crippen LogP contribution in [0, 0.1) is 11.3 Å². The Hall–Kier alpha value is -1.37. The highest BCUT2D eigenvalue weighted by molar-refractivity contribution is 5.17. The van der Waals surface area contributed by atoms with Crippen molar-refractivity contribution in [2.24, 2.45) is 0 Å². The van der Waals surface area contributed by atoms with Gasteiger partial charge >= 0.3 is 0 Å². The van der Waals surface area contributed by atoms with Gasteiger partial charge in [0.1, 0.15) is 0 Å². The van der Waals surface area contributed by atoms with Gasteiger partial charge in [0.05, 0.1) is 12.2 Å². The van der Waals surface area contributed by atoms with E-state index in [-0.39, 0.29) is 5.54 Å². The predicted molar refractivity (Wildman–Crippen MR) is 73.0 cm³/mol. The number of nitriles is 1. The van der Waals surface area contributed by atoms with Crippen LogP contribution in [0.3, 0.4) is 0 Å². The van der Waals surface area contributed by atoms with Crippen LogP contribution in [0.15, 0.2) is 30.3 Å². The molecule has 1 N–H and O–H groups in total. The zero-order chi connectivity index (χ0) is 13.6. The molecule has 0 saturated carbocycles. The molecule has 0 amide bonds. The minimum Gasteiger partial charge on any atom is -0.387 e. The van der Waals surface area contributed by atoms with Gasteiger partial charge in [-0.2, -0.15) is 5.26 Å². The maximum absolute atomic E-state index is 10.2. The molecule has 0 bridgehead atoms. The number of aliphatic hydroxyl groups excluding tert-OH is 1. The fourth-order valence-electron chi connectivity index (χ4n) is 1.87. The molecular weight excluding hydrogens is 224 g/mol. The number of rotatable bonds is 5. The minimum atomic E-state index is -0.510. The van der Waals surface area contributed by atoms with Gasteiger partial charge in [-0.15, -0.1) is 0 Å². The van der Waals surface area contributed by atoms with Crippen molar-refractivity contribution >= 4 is 0 Å². The highest BCUT2D eigenvalue weighted by Gasteiger charge is 2.23. The van der Waals surface area contributed by atoms with Crippen LogP contribution in [-0.4, -0.2) is 28.6 Å². The first-order valence-corrected chi connectivity index (χ1v) is 6.30. The van der Waals surface area contributed by atoms with Crippen LogP contribution in [-0.2, 0) is 0 Å². The van der Waals surface area contributed by atoms with Crippen molar-refractivity contribution in [2.75, 3.05) is 13.1 Å². The van der Waals surface area contributed by atoms with Crippen LogP contribution in [0.4, 0.5) is 0 Å². The Labute approximate surface area is 110 Å². The van der Waals surface area contributed by atoms with E-state index in [2.05, 4.69) is 31.7 Å². The molecule has 18 heavy (non-hydrogen) atoms. The molecule has 0 saturated heterocycles. The number of benzene rings is 1. The van der Waals surface area contributed by atoms with E-state index in [4.69, 9.17) is 5.26 Å². The van der Waals surface area contributed by atoms with Gasteiger partial charge in [-0.25, -0.2) is 0 Å². The van der Waals surface area contributed by atoms with Crippen LogP contribution in [0.25, 0.3) is 0 Å². The van der Waals surface area contributed by atoms with E-state index in [0.717, 1.165) is 5.56 Å². The van der Waals surface area contributed by atoms with Gasteiger partial charge in [0.2, 0.25) is 0 Å². The molecule has 1 atom stereocenters. The van der Waals surface area contributed by atoms with Crippen molar-refractivity contribution in [1.82, 2.24) is 4.90 Å². The van der Waals surface area contributed by atoms with Gasteiger partial charge < -0.3 is 5.11 Å². The van der Waals surface area contributed by atoms with Gasteiger partial charge in [-0.1, -0.05) is 30.3 Å². The molecule has 0 aromatic heterocycles. The van der Waals surface area contributed by atoms with E-state index in [1.165, 1.54) is 0 Å². The average molecular weight is 246 g/mol. The lowest BCUT2D eigenvalue weighted by Gasteiger charge is -2.36. The van der Waals surface area contributed by atoms with Gasteiger partial charge in [0.25, 0.3) is 0 Å². The predicted octanol–water partition coefficient (Wildman–Crippen LogP) is 2.73. The van der Waals surface area contributed by atoms with E-state index >= 15 is 0 Å². The molecule has 1 aromatic rings. The third kappa shape index (κ3) is 4.48. The summed E-state index contributed by atoms with van der Waals surface area (Å²) in [6.07, 6.45) is -0.0252. The Morgan fingerprint density at radius 3 is 2.39 bits per heavy atom. The molecule has 0 heterocycles. The number of β-amino-alcohol motifs (C(OH)–C–C–N with tert-alkyl or cyclic N) is 1. The first kappa shape index (κ1) is 14.7. The Balaban J connectivity index is 2.69. The lowest BCUT2D eigenvalue weighted by Crippen LogP contribution is -2.44. The van der Waals surface area contributed by atoms with Crippen molar-refractivity contribution in [3.63, 3.8) is 0 Å². The third-order valence-corrected chi connectivity index (χ3v) is 3.02. The lowest BCUT2D eigenvalue weighted by molar-refractivity contribution is 0.0599. The van der Waals surface area contributed by atoms with Crippen molar-refractivity contribution in [1.29, 1.82) is 5.26 Å². The zero-order valence-corrected chi connectivity index (χ0v) is 11.4. The third-order valence-electron chi connectivity index (χ3n) is 3.02. The summed E-state index contributed by atoms with van der Waals surface area (Å²) in [5.41, 5.74) is 0.871. The van der Waals surface area contributed by atoms with E-state index in [0.29, 0.717) is 19.5 Å². The summed E-state index contributed by atoms with van der Waals surface area (Å²) in [7, 11) is 0. The highest BCUT2D eigenvalue weighted by atomic mass is 16.3. The molecule has 0 fully saturated rings. The summed E-state index contributed by atoms with van der Waals surface area (Å²) >= 11 is 0. The largest absolute Gasteiger partial charge is 0.387 e. The van der Waals surface area contributed by atoms with Crippen LogP contribution in [0.2, 0.25) is 0 Å². The Morgan fingerprint density at radius 2 is 1.89 bits per heavy atom. The summed E-state index contributed by atoms with van der Waals surface area (Å²) in [5.74, 6) is 0. The molecule has 98 valence electrons. The van der Waals surface area contributed by atoms with Gasteiger partial charge in [-0.3, -0.25) is 4.90 Å². The number of hydrogen-bond acceptors (Lipinski definition) is 3. The second kappa shape index (κ2) is 6.53. The lowest BCUT2D eigenvalue weighted by atomic mass is 10.0. The Kier molecular flexibility index (Phi) is 5.33. The summed E-state index contributed by atoms with van der Waals surface area (Å²) in [6.45, 7) is 7.53. The second-order valence-corrected chi connectivity index (χ2v) is 5.45. The molecule has 3 heteroatoms. The number of hydrogen-bond donors (Lipinski definition) is 1. The first-order chi connectivity index (χ1) is 8.45. The molecule has 0 aliphatic heterocycles. The fraction of sp³-hybridized carbons (Fsp3) is 0.533. The van der Waals surface area contributed by atoms with Crippen LogP contribution in [0.5, 0.6) is 0 Å². The molecule has 1 rings (SSSR count). The molecule has 0 unspecified atom stereocenters. The molecule has 1 aromatic carbocycles. The van der Waals surface area contributed by atoms with Crippen LogP contribution >= 0.6 is 0 Å². The SMILES string of the molecule is CC(C)(C)N(CCC#N)C[C@@H](O)c1ccccc1. The van der Waals surface area contributed by atoms with Gasteiger partial charge in [0.15, 0.2) is 0 Å². The average Bonchev–Trinajstić information content (AvgIpc) is 2.34. The summed E-state index contributed by atoms with van der Waals surface area (Å²) in [6, 6.07) is 11.8. The molecule has 0 radical (unpaired) electrons.